The van der Waals surface area contributed by atoms with Crippen LogP contribution in [-0.2, 0) is 9.59 Å². The zero-order valence-electron chi connectivity index (χ0n) is 10.5. The van der Waals surface area contributed by atoms with Gasteiger partial charge in [0.2, 0.25) is 11.4 Å². The molecule has 0 aromatic rings. The minimum atomic E-state index is -5.06. The number of carboxylic acids is 1. The Morgan fingerprint density at radius 1 is 1.26 bits per heavy atom. The van der Waals surface area contributed by atoms with E-state index in [1.165, 1.54) is 0 Å². The van der Waals surface area contributed by atoms with E-state index in [1.54, 1.807) is 5.32 Å². The fourth-order valence-corrected chi connectivity index (χ4v) is 1.83. The van der Waals surface area contributed by atoms with Crippen LogP contribution < -0.4 is 10.6 Å². The smallest absolute Gasteiger partial charge is 0.422 e. The molecule has 2 atom stereocenters. The molecule has 0 radical (unpaired) electrons. The molecule has 19 heavy (non-hydrogen) atoms. The van der Waals surface area contributed by atoms with Gasteiger partial charge in [-0.05, 0) is 26.3 Å². The molecule has 1 amide bonds. The number of nitrogens with one attached hydrogen (secondary N) is 2. The maximum atomic E-state index is 12.7. The molecule has 0 bridgehead atoms. The van der Waals surface area contributed by atoms with Gasteiger partial charge >= 0.3 is 12.1 Å². The van der Waals surface area contributed by atoms with Crippen LogP contribution in [0.1, 0.15) is 32.6 Å². The lowest BCUT2D eigenvalue weighted by Crippen LogP contribution is -2.64. The molecular weight excluding hydrogens is 265 g/mol. The van der Waals surface area contributed by atoms with E-state index in [2.05, 4.69) is 5.32 Å². The Kier molecular flexibility index (Phi) is 4.78. The molecule has 5 nitrogen and oxygen atoms in total. The van der Waals surface area contributed by atoms with E-state index in [1.807, 2.05) is 0 Å². The average Bonchev–Trinajstić information content (AvgIpc) is 2.55. The van der Waals surface area contributed by atoms with Crippen LogP contribution in [-0.4, -0.2) is 41.3 Å². The Morgan fingerprint density at radius 2 is 1.89 bits per heavy atom. The first kappa shape index (κ1) is 15.7. The molecule has 0 saturated carbocycles. The van der Waals surface area contributed by atoms with Gasteiger partial charge in [-0.2, -0.15) is 13.2 Å². The van der Waals surface area contributed by atoms with Gasteiger partial charge in [-0.25, -0.2) is 4.79 Å². The second-order valence-corrected chi connectivity index (χ2v) is 4.77. The Labute approximate surface area is 108 Å². The third kappa shape index (κ3) is 3.59. The summed E-state index contributed by atoms with van der Waals surface area (Å²) in [6.07, 6.45) is -2.19. The van der Waals surface area contributed by atoms with Gasteiger partial charge in [0.05, 0.1) is 6.04 Å². The van der Waals surface area contributed by atoms with Gasteiger partial charge in [0.15, 0.2) is 0 Å². The standard InChI is InChI=1S/C11H17F3N2O3/c1-10(9(18)19,11(12,13)14)16-8(17)7-5-3-2-4-6-15-7/h7,15H,2-6H2,1H3,(H,16,17)(H,18,19). The van der Waals surface area contributed by atoms with E-state index in [-0.39, 0.29) is 0 Å². The van der Waals surface area contributed by atoms with Crippen LogP contribution >= 0.6 is 0 Å². The van der Waals surface area contributed by atoms with Gasteiger partial charge in [-0.3, -0.25) is 4.79 Å². The molecule has 0 aromatic carbocycles. The topological polar surface area (TPSA) is 78.4 Å². The lowest BCUT2D eigenvalue weighted by Gasteiger charge is -2.30. The number of hydrogen-bond acceptors (Lipinski definition) is 3. The summed E-state index contributed by atoms with van der Waals surface area (Å²) in [5.41, 5.74) is -3.27. The van der Waals surface area contributed by atoms with Crippen LogP contribution in [0.5, 0.6) is 0 Å². The van der Waals surface area contributed by atoms with Gasteiger partial charge in [0.1, 0.15) is 0 Å². The number of amides is 1. The molecule has 0 aliphatic carbocycles. The van der Waals surface area contributed by atoms with Crippen LogP contribution in [0, 0.1) is 0 Å². The maximum Gasteiger partial charge on any atom is 0.422 e. The predicted molar refractivity (Wildman–Crippen MR) is 60.5 cm³/mol. The number of alkyl halides is 3. The number of rotatable bonds is 3. The van der Waals surface area contributed by atoms with Crippen LogP contribution in [0.25, 0.3) is 0 Å². The highest BCUT2D eigenvalue weighted by atomic mass is 19.4. The number of halogens is 3. The van der Waals surface area contributed by atoms with E-state index in [0.29, 0.717) is 19.9 Å². The van der Waals surface area contributed by atoms with Crippen molar-refractivity contribution >= 4 is 11.9 Å². The van der Waals surface area contributed by atoms with Crippen molar-refractivity contribution in [2.45, 2.75) is 50.4 Å². The van der Waals surface area contributed by atoms with Crippen LogP contribution in [0.3, 0.4) is 0 Å². The molecule has 0 spiro atoms. The van der Waals surface area contributed by atoms with Gasteiger partial charge in [0.25, 0.3) is 0 Å². The lowest BCUT2D eigenvalue weighted by molar-refractivity contribution is -0.207. The molecule has 0 aromatic heterocycles. The molecule has 2 unspecified atom stereocenters. The summed E-state index contributed by atoms with van der Waals surface area (Å²) in [5.74, 6) is -3.05. The van der Waals surface area contributed by atoms with Crippen molar-refractivity contribution in [3.05, 3.63) is 0 Å². The quantitative estimate of drug-likeness (QED) is 0.722. The summed E-state index contributed by atoms with van der Waals surface area (Å²) < 4.78 is 38.2. The summed E-state index contributed by atoms with van der Waals surface area (Å²) in [5, 5.41) is 13.1. The maximum absolute atomic E-state index is 12.7. The first-order valence-electron chi connectivity index (χ1n) is 6.04. The van der Waals surface area contributed by atoms with Gasteiger partial charge in [-0.15, -0.1) is 0 Å². The molecule has 1 saturated heterocycles. The third-order valence-corrected chi connectivity index (χ3v) is 3.24. The van der Waals surface area contributed by atoms with Gasteiger partial charge in [0, 0.05) is 0 Å². The summed E-state index contributed by atoms with van der Waals surface area (Å²) in [4.78, 5) is 22.6. The van der Waals surface area contributed by atoms with E-state index in [0.717, 1.165) is 19.3 Å². The summed E-state index contributed by atoms with van der Waals surface area (Å²) >= 11 is 0. The minimum Gasteiger partial charge on any atom is -0.479 e. The first-order chi connectivity index (χ1) is 8.68. The van der Waals surface area contributed by atoms with Crippen LogP contribution in [0.4, 0.5) is 13.2 Å². The molecule has 110 valence electrons. The lowest BCUT2D eigenvalue weighted by atomic mass is 10.0. The van der Waals surface area contributed by atoms with E-state index in [4.69, 9.17) is 5.11 Å². The van der Waals surface area contributed by atoms with Crippen molar-refractivity contribution in [2.75, 3.05) is 6.54 Å². The Balaban J connectivity index is 2.79. The normalized spacial score (nSPS) is 24.1. The Morgan fingerprint density at radius 3 is 2.42 bits per heavy atom. The monoisotopic (exact) mass is 282 g/mol. The van der Waals surface area contributed by atoms with Gasteiger partial charge in [-0.1, -0.05) is 12.8 Å². The van der Waals surface area contributed by atoms with Gasteiger partial charge < -0.3 is 15.7 Å². The number of carbonyl (C=O) groups is 2. The number of carboxylic acid groups (broad SMARTS) is 1. The number of aliphatic carboxylic acids is 1. The Hall–Kier alpha value is -1.31. The van der Waals surface area contributed by atoms with E-state index >= 15 is 0 Å². The van der Waals surface area contributed by atoms with E-state index in [9.17, 15) is 22.8 Å². The summed E-state index contributed by atoms with van der Waals surface area (Å²) in [6, 6.07) is -0.775. The minimum absolute atomic E-state index is 0.402. The number of carbonyl (C=O) groups excluding carboxylic acids is 1. The van der Waals surface area contributed by atoms with Crippen LogP contribution in [0.2, 0.25) is 0 Å². The van der Waals surface area contributed by atoms with Crippen molar-refractivity contribution in [1.29, 1.82) is 0 Å². The summed E-state index contributed by atoms with van der Waals surface area (Å²) in [7, 11) is 0. The molecule has 1 aliphatic heterocycles. The van der Waals surface area contributed by atoms with Crippen LogP contribution in [0.15, 0.2) is 0 Å². The van der Waals surface area contributed by atoms with Crippen molar-refractivity contribution in [3.8, 4) is 0 Å². The average molecular weight is 282 g/mol. The zero-order valence-corrected chi connectivity index (χ0v) is 10.5. The second kappa shape index (κ2) is 5.77. The molecular formula is C11H17F3N2O3. The predicted octanol–water partition coefficient (Wildman–Crippen LogP) is 1.04. The highest BCUT2D eigenvalue weighted by Crippen LogP contribution is 2.30. The fourth-order valence-electron chi connectivity index (χ4n) is 1.83. The van der Waals surface area contributed by atoms with Crippen molar-refractivity contribution < 1.29 is 27.9 Å². The molecule has 1 aliphatic rings. The fraction of sp³-hybridized carbons (Fsp3) is 0.818. The van der Waals surface area contributed by atoms with Crippen molar-refractivity contribution in [2.24, 2.45) is 0 Å². The molecule has 3 N–H and O–H groups in total. The SMILES string of the molecule is CC(NC(=O)C1CCCCCN1)(C(=O)O)C(F)(F)F. The largest absolute Gasteiger partial charge is 0.479 e. The van der Waals surface area contributed by atoms with Crippen molar-refractivity contribution in [3.63, 3.8) is 0 Å². The molecule has 8 heteroatoms. The highest BCUT2D eigenvalue weighted by Gasteiger charge is 2.58. The Bertz CT molecular complexity index is 352. The zero-order chi connectivity index (χ0) is 14.7. The van der Waals surface area contributed by atoms with E-state index < -0.39 is 29.6 Å². The molecule has 1 rings (SSSR count). The first-order valence-corrected chi connectivity index (χ1v) is 6.04. The summed E-state index contributed by atoms with van der Waals surface area (Å²) in [6.45, 7) is 0.984. The third-order valence-electron chi connectivity index (χ3n) is 3.24. The molecule has 1 fully saturated rings. The second-order valence-electron chi connectivity index (χ2n) is 4.77. The number of hydrogen-bond donors (Lipinski definition) is 3. The molecule has 1 heterocycles. The van der Waals surface area contributed by atoms with Crippen molar-refractivity contribution in [1.82, 2.24) is 10.6 Å². The highest BCUT2D eigenvalue weighted by molar-refractivity contribution is 5.90.